The van der Waals surface area contributed by atoms with Crippen LogP contribution in [0.4, 0.5) is 11.6 Å². The fourth-order valence-electron chi connectivity index (χ4n) is 7.20. The third-order valence-electron chi connectivity index (χ3n) is 10.2. The molecule has 0 radical (unpaired) electrons. The normalized spacial score (nSPS) is 15.7. The van der Waals surface area contributed by atoms with Crippen LogP contribution in [0.2, 0.25) is 0 Å². The molecular formula is C41H41N11O5. The lowest BCUT2D eigenvalue weighted by molar-refractivity contribution is 0.0729. The lowest BCUT2D eigenvalue weighted by Gasteiger charge is -2.22. The zero-order chi connectivity index (χ0) is 39.6. The summed E-state index contributed by atoms with van der Waals surface area (Å²) in [5, 5.41) is 12.8. The van der Waals surface area contributed by atoms with E-state index in [1.807, 2.05) is 26.0 Å². The molecule has 0 fully saturated rings. The third kappa shape index (κ3) is 7.64. The molecule has 6 aromatic heterocycles. The van der Waals surface area contributed by atoms with Crippen LogP contribution in [0.25, 0.3) is 27.9 Å². The second-order valence-corrected chi connectivity index (χ2v) is 14.0. The zero-order valence-corrected chi connectivity index (χ0v) is 31.6. The molecule has 16 heteroatoms. The lowest BCUT2D eigenvalue weighted by Crippen LogP contribution is -2.32. The molecule has 2 aliphatic heterocycles. The molecule has 0 unspecified atom stereocenters. The van der Waals surface area contributed by atoms with Gasteiger partial charge in [0.2, 0.25) is 5.88 Å². The van der Waals surface area contributed by atoms with Crippen LogP contribution in [-0.2, 0) is 35.8 Å². The Balaban J connectivity index is 0.866. The second kappa shape index (κ2) is 15.8. The molecule has 0 aliphatic carbocycles. The summed E-state index contributed by atoms with van der Waals surface area (Å²) < 4.78 is 17.5. The fourth-order valence-corrected chi connectivity index (χ4v) is 7.20. The quantitative estimate of drug-likeness (QED) is 0.129. The molecule has 0 spiro atoms. The van der Waals surface area contributed by atoms with Gasteiger partial charge in [0.05, 0.1) is 79.9 Å². The number of nitrogens with two attached hydrogens (primary N) is 2. The van der Waals surface area contributed by atoms with Crippen LogP contribution in [0.15, 0.2) is 61.6 Å². The molecule has 8 heterocycles. The number of ether oxygens (including phenoxy) is 3. The van der Waals surface area contributed by atoms with E-state index in [0.29, 0.717) is 79.1 Å². The number of hydrogen-bond acceptors (Lipinski definition) is 14. The van der Waals surface area contributed by atoms with Crippen molar-refractivity contribution in [3.8, 4) is 5.88 Å². The van der Waals surface area contributed by atoms with Gasteiger partial charge in [-0.05, 0) is 67.6 Å². The molecule has 16 nitrogen and oxygen atoms in total. The first-order chi connectivity index (χ1) is 27.7. The number of anilines is 2. The minimum absolute atomic E-state index is 0.144. The van der Waals surface area contributed by atoms with Gasteiger partial charge >= 0.3 is 0 Å². The molecule has 0 aromatic carbocycles. The summed E-state index contributed by atoms with van der Waals surface area (Å²) in [7, 11) is 0. The maximum Gasteiger partial charge on any atom is 0.272 e. The van der Waals surface area contributed by atoms with Gasteiger partial charge in [0.15, 0.2) is 0 Å². The summed E-state index contributed by atoms with van der Waals surface area (Å²) in [4.78, 5) is 51.0. The standard InChI is InChI=1S/C41H41N11O5/c1-4-24-7-8-26(44-15-24)19-52(41(54)32-14-28-30-21-57-23(3)37(30)39(43)49-34(28)18-46-32)11-5-6-12-55-35-10-9-25(50-51-35)16-47-40(53)31-13-27-29-20-56-22(2)36(29)38(42)48-33(27)17-45-31/h4,7-10,13-15,17-18,22-23H,1,5-6,11-12,16,19-21H2,2-3H3,(H2,42,48)(H2,43,49)(H,47,53)/t22-,23-/m1/s1. The summed E-state index contributed by atoms with van der Waals surface area (Å²) >= 11 is 0. The number of hydrogen-bond donors (Lipinski definition) is 3. The van der Waals surface area contributed by atoms with E-state index in [1.165, 1.54) is 0 Å². The monoisotopic (exact) mass is 767 g/mol. The Morgan fingerprint density at radius 2 is 1.51 bits per heavy atom. The Kier molecular flexibility index (Phi) is 10.4. The van der Waals surface area contributed by atoms with Gasteiger partial charge in [0.1, 0.15) is 23.0 Å². The van der Waals surface area contributed by atoms with E-state index in [2.05, 4.69) is 47.0 Å². The van der Waals surface area contributed by atoms with Crippen molar-refractivity contribution in [1.82, 2.24) is 45.3 Å². The molecule has 8 rings (SSSR count). The van der Waals surface area contributed by atoms with Gasteiger partial charge in [-0.15, -0.1) is 5.10 Å². The van der Waals surface area contributed by atoms with Gasteiger partial charge in [0.25, 0.3) is 11.8 Å². The highest BCUT2D eigenvalue weighted by atomic mass is 16.5. The number of unbranched alkanes of at least 4 members (excludes halogenated alkanes) is 1. The lowest BCUT2D eigenvalue weighted by atomic mass is 10.0. The number of nitrogens with zero attached hydrogens (tertiary/aromatic N) is 8. The smallest absolute Gasteiger partial charge is 0.272 e. The third-order valence-corrected chi connectivity index (χ3v) is 10.2. The van der Waals surface area contributed by atoms with Gasteiger partial charge in [-0.2, -0.15) is 5.10 Å². The summed E-state index contributed by atoms with van der Waals surface area (Å²) in [6.07, 6.45) is 7.52. The molecule has 6 aromatic rings. The maximum absolute atomic E-state index is 14.0. The van der Waals surface area contributed by atoms with Gasteiger partial charge < -0.3 is 35.9 Å². The largest absolute Gasteiger partial charge is 0.477 e. The minimum atomic E-state index is -0.361. The van der Waals surface area contributed by atoms with Gasteiger partial charge in [-0.3, -0.25) is 14.6 Å². The van der Waals surface area contributed by atoms with Gasteiger partial charge in [0, 0.05) is 40.7 Å². The van der Waals surface area contributed by atoms with E-state index < -0.39 is 0 Å². The van der Waals surface area contributed by atoms with Crippen molar-refractivity contribution in [3.63, 3.8) is 0 Å². The first kappa shape index (κ1) is 37.3. The van der Waals surface area contributed by atoms with Crippen molar-refractivity contribution in [2.24, 2.45) is 0 Å². The zero-order valence-electron chi connectivity index (χ0n) is 31.6. The molecule has 2 aliphatic rings. The van der Waals surface area contributed by atoms with Gasteiger partial charge in [-0.25, -0.2) is 19.9 Å². The molecule has 2 amide bonds. The summed E-state index contributed by atoms with van der Waals surface area (Å²) in [5.74, 6) is 0.587. The van der Waals surface area contributed by atoms with Crippen molar-refractivity contribution < 1.29 is 23.8 Å². The van der Waals surface area contributed by atoms with Gasteiger partial charge in [-0.1, -0.05) is 18.7 Å². The number of carbonyl (C=O) groups is 2. The first-order valence-electron chi connectivity index (χ1n) is 18.7. The molecule has 0 saturated carbocycles. The number of nitrogens with one attached hydrogen (secondary N) is 1. The van der Waals surface area contributed by atoms with Crippen LogP contribution in [0, 0.1) is 0 Å². The minimum Gasteiger partial charge on any atom is -0.477 e. The summed E-state index contributed by atoms with van der Waals surface area (Å²) in [6.45, 7) is 9.66. The summed E-state index contributed by atoms with van der Waals surface area (Å²) in [5.41, 5.74) is 19.9. The SMILES string of the molecule is C=Cc1ccc(CN(CCCCOc2ccc(CNC(=O)c3cc4c5c(c(N)nc4cn3)[C@@H](C)OC5)nn2)C(=O)c2cc3c4c(c(N)nc3cn2)[C@@H](C)OC4)nc1. The number of fused-ring (bicyclic) bond motifs is 6. The Morgan fingerprint density at radius 1 is 0.860 bits per heavy atom. The highest BCUT2D eigenvalue weighted by Crippen LogP contribution is 2.39. The van der Waals surface area contributed by atoms with Crippen LogP contribution in [0.3, 0.4) is 0 Å². The number of aromatic nitrogens is 7. The van der Waals surface area contributed by atoms with Crippen molar-refractivity contribution in [1.29, 1.82) is 0 Å². The Hall–Kier alpha value is -6.65. The van der Waals surface area contributed by atoms with E-state index in [4.69, 9.17) is 25.7 Å². The van der Waals surface area contributed by atoms with Crippen molar-refractivity contribution >= 4 is 51.3 Å². The van der Waals surface area contributed by atoms with Crippen molar-refractivity contribution in [2.45, 2.75) is 65.2 Å². The van der Waals surface area contributed by atoms with Crippen LogP contribution in [-0.4, -0.2) is 65.0 Å². The number of amides is 2. The van der Waals surface area contributed by atoms with E-state index >= 15 is 0 Å². The molecule has 0 bridgehead atoms. The Bertz CT molecular complexity index is 2510. The van der Waals surface area contributed by atoms with Crippen LogP contribution in [0.1, 0.15) is 99.1 Å². The fraction of sp³-hybridized carbons (Fsp3) is 0.293. The molecule has 57 heavy (non-hydrogen) atoms. The molecular weight excluding hydrogens is 727 g/mol. The molecule has 2 atom stereocenters. The predicted octanol–water partition coefficient (Wildman–Crippen LogP) is 5.18. The van der Waals surface area contributed by atoms with E-state index in [9.17, 15) is 9.59 Å². The maximum atomic E-state index is 14.0. The van der Waals surface area contributed by atoms with E-state index in [-0.39, 0.29) is 42.8 Å². The molecule has 0 saturated heterocycles. The highest BCUT2D eigenvalue weighted by Gasteiger charge is 2.28. The second-order valence-electron chi connectivity index (χ2n) is 14.0. The van der Waals surface area contributed by atoms with Crippen LogP contribution < -0.4 is 21.5 Å². The average Bonchev–Trinajstić information content (AvgIpc) is 3.83. The Labute approximate surface area is 327 Å². The highest BCUT2D eigenvalue weighted by molar-refractivity contribution is 5.98. The van der Waals surface area contributed by atoms with E-state index in [1.54, 1.807) is 53.8 Å². The number of nitrogen functional groups attached to an aromatic ring is 2. The van der Waals surface area contributed by atoms with Crippen molar-refractivity contribution in [3.05, 3.63) is 112 Å². The first-order valence-corrected chi connectivity index (χ1v) is 18.7. The number of pyridine rings is 5. The predicted molar refractivity (Wildman–Crippen MR) is 211 cm³/mol. The number of rotatable bonds is 13. The Morgan fingerprint density at radius 3 is 2.12 bits per heavy atom. The summed E-state index contributed by atoms with van der Waals surface area (Å²) in [6, 6.07) is 10.7. The molecule has 290 valence electrons. The average molecular weight is 768 g/mol. The van der Waals surface area contributed by atoms with Crippen LogP contribution in [0.5, 0.6) is 5.88 Å². The van der Waals surface area contributed by atoms with Crippen LogP contribution >= 0.6 is 0 Å². The topological polar surface area (TPSA) is 219 Å². The molecule has 5 N–H and O–H groups in total. The van der Waals surface area contributed by atoms with Crippen molar-refractivity contribution in [2.75, 3.05) is 24.6 Å². The number of carbonyl (C=O) groups excluding carboxylic acids is 2. The van der Waals surface area contributed by atoms with E-state index in [0.717, 1.165) is 44.3 Å².